The third-order valence-corrected chi connectivity index (χ3v) is 9.85. The van der Waals surface area contributed by atoms with Crippen LogP contribution in [0.25, 0.3) is 21.5 Å². The summed E-state index contributed by atoms with van der Waals surface area (Å²) >= 11 is 14.3. The van der Waals surface area contributed by atoms with Gasteiger partial charge >= 0.3 is 5.97 Å². The van der Waals surface area contributed by atoms with Crippen LogP contribution in [0.2, 0.25) is 10.0 Å². The van der Waals surface area contributed by atoms with E-state index in [0.29, 0.717) is 55.5 Å². The van der Waals surface area contributed by atoms with Gasteiger partial charge in [-0.3, -0.25) is 0 Å². The average Bonchev–Trinajstić information content (AvgIpc) is 3.21. The highest BCUT2D eigenvalue weighted by molar-refractivity contribution is 7.22. The molecule has 2 saturated carbocycles. The van der Waals surface area contributed by atoms with Crippen molar-refractivity contribution >= 4 is 55.9 Å². The van der Waals surface area contributed by atoms with Gasteiger partial charge in [0.1, 0.15) is 17.0 Å². The van der Waals surface area contributed by atoms with Crippen molar-refractivity contribution < 1.29 is 23.6 Å². The molecule has 0 bridgehead atoms. The summed E-state index contributed by atoms with van der Waals surface area (Å²) < 4.78 is 27.5. The highest BCUT2D eigenvalue weighted by Gasteiger charge is 2.44. The molecular weight excluding hydrogens is 564 g/mol. The summed E-state index contributed by atoms with van der Waals surface area (Å²) in [5, 5.41) is 15.4. The summed E-state index contributed by atoms with van der Waals surface area (Å²) in [5.74, 6) is 0.213. The van der Waals surface area contributed by atoms with Crippen LogP contribution in [0.5, 0.6) is 0 Å². The predicted molar refractivity (Wildman–Crippen MR) is 147 cm³/mol. The van der Waals surface area contributed by atoms with Crippen LogP contribution < -0.4 is 4.90 Å². The number of rotatable bonds is 7. The Morgan fingerprint density at radius 1 is 1.18 bits per heavy atom. The van der Waals surface area contributed by atoms with Gasteiger partial charge in [-0.1, -0.05) is 45.8 Å². The quantitative estimate of drug-likeness (QED) is 0.241. The van der Waals surface area contributed by atoms with Crippen molar-refractivity contribution in [2.24, 2.45) is 11.8 Å². The van der Waals surface area contributed by atoms with Gasteiger partial charge in [-0.25, -0.2) is 14.2 Å². The normalized spacial score (nSPS) is 22.6. The second-order valence-electron chi connectivity index (χ2n) is 10.6. The van der Waals surface area contributed by atoms with Crippen molar-refractivity contribution in [1.82, 2.24) is 10.1 Å². The Bertz CT molecular complexity index is 1580. The molecule has 1 N–H and O–H groups in total. The highest BCUT2D eigenvalue weighted by Crippen LogP contribution is 2.47. The van der Waals surface area contributed by atoms with E-state index >= 15 is 0 Å². The Kier molecular flexibility index (Phi) is 6.30. The van der Waals surface area contributed by atoms with Crippen molar-refractivity contribution in [1.29, 1.82) is 0 Å². The number of aromatic nitrogens is 2. The summed E-state index contributed by atoms with van der Waals surface area (Å²) in [6, 6.07) is 7.92. The van der Waals surface area contributed by atoms with E-state index in [9.17, 15) is 14.3 Å². The maximum Gasteiger partial charge on any atom is 0.335 e. The van der Waals surface area contributed by atoms with Crippen LogP contribution in [-0.2, 0) is 11.3 Å². The minimum Gasteiger partial charge on any atom is -0.478 e. The van der Waals surface area contributed by atoms with Crippen LogP contribution in [-0.4, -0.2) is 40.4 Å². The predicted octanol–water partition coefficient (Wildman–Crippen LogP) is 7.40. The summed E-state index contributed by atoms with van der Waals surface area (Å²) in [7, 11) is 0. The van der Waals surface area contributed by atoms with E-state index in [0.717, 1.165) is 56.2 Å². The number of anilines is 1. The minimum atomic E-state index is -1.15. The number of carboxylic acids is 1. The molecule has 1 aliphatic heterocycles. The number of halogens is 3. The number of thiazole rings is 1. The topological polar surface area (TPSA) is 88.7 Å². The van der Waals surface area contributed by atoms with E-state index in [1.54, 1.807) is 12.1 Å². The maximum atomic E-state index is 14.5. The third kappa shape index (κ3) is 4.49. The molecule has 3 heterocycles. The Labute approximate surface area is 237 Å². The molecule has 7 rings (SSSR count). The first-order valence-electron chi connectivity index (χ1n) is 13.0. The van der Waals surface area contributed by atoms with Gasteiger partial charge in [0.05, 0.1) is 33.0 Å². The van der Waals surface area contributed by atoms with Gasteiger partial charge in [0, 0.05) is 36.1 Å². The van der Waals surface area contributed by atoms with E-state index in [4.69, 9.17) is 32.5 Å². The van der Waals surface area contributed by atoms with Gasteiger partial charge in [0.15, 0.2) is 10.9 Å². The number of hydrogen-bond acceptors (Lipinski definition) is 7. The first-order valence-corrected chi connectivity index (χ1v) is 14.6. The molecule has 0 radical (unpaired) electrons. The van der Waals surface area contributed by atoms with Crippen molar-refractivity contribution in [3.63, 3.8) is 0 Å². The number of carboxylic acid groups (broad SMARTS) is 1. The van der Waals surface area contributed by atoms with E-state index in [2.05, 4.69) is 15.0 Å². The number of aromatic carboxylic acids is 1. The third-order valence-electron chi connectivity index (χ3n) is 8.15. The first kappa shape index (κ1) is 25.3. The zero-order valence-electron chi connectivity index (χ0n) is 20.7. The molecule has 3 fully saturated rings. The highest BCUT2D eigenvalue weighted by atomic mass is 35.5. The van der Waals surface area contributed by atoms with Crippen LogP contribution in [0.15, 0.2) is 34.9 Å². The molecule has 202 valence electrons. The van der Waals surface area contributed by atoms with Crippen LogP contribution in [0.4, 0.5) is 9.52 Å². The van der Waals surface area contributed by atoms with Gasteiger partial charge in [-0.2, -0.15) is 0 Å². The van der Waals surface area contributed by atoms with Gasteiger partial charge in [0.2, 0.25) is 0 Å². The largest absolute Gasteiger partial charge is 0.478 e. The summed E-state index contributed by atoms with van der Waals surface area (Å²) in [5.41, 5.74) is 2.38. The molecule has 2 aromatic heterocycles. The fourth-order valence-electron chi connectivity index (χ4n) is 6.05. The molecule has 11 heteroatoms. The number of nitrogens with zero attached hydrogens (tertiary/aromatic N) is 3. The zero-order valence-corrected chi connectivity index (χ0v) is 23.0. The fourth-order valence-corrected chi connectivity index (χ4v) is 7.67. The van der Waals surface area contributed by atoms with Crippen molar-refractivity contribution in [3.8, 4) is 11.3 Å². The standard InChI is InChI=1S/C28H24Cl2FN3O4S/c29-18-2-1-3-19(30)23(18)24-17(26(38-33-24)13-4-5-13)12-37-21-7-6-14-10-34(11-16(14)21)28-32-25-20(31)8-15(27(35)36)9-22(25)39-28/h1-3,8-9,13-14,16,21H,4-7,10-12H2,(H,35,36)/t14?,16?,21-/m0/s1. The second-order valence-corrected chi connectivity index (χ2v) is 12.4. The van der Waals surface area contributed by atoms with Gasteiger partial charge < -0.3 is 19.3 Å². The molecule has 0 spiro atoms. The summed E-state index contributed by atoms with van der Waals surface area (Å²) in [4.78, 5) is 18.0. The molecule has 0 amide bonds. The molecule has 3 aliphatic rings. The van der Waals surface area contributed by atoms with E-state index in [1.165, 1.54) is 17.4 Å². The smallest absolute Gasteiger partial charge is 0.335 e. The Morgan fingerprint density at radius 2 is 1.97 bits per heavy atom. The lowest BCUT2D eigenvalue weighted by Gasteiger charge is -2.21. The van der Waals surface area contributed by atoms with E-state index < -0.39 is 11.8 Å². The second kappa shape index (κ2) is 9.73. The zero-order chi connectivity index (χ0) is 26.8. The first-order chi connectivity index (χ1) is 18.9. The fraction of sp³-hybridized carbons (Fsp3) is 0.393. The van der Waals surface area contributed by atoms with Gasteiger partial charge in [-0.05, 0) is 55.9 Å². The lowest BCUT2D eigenvalue weighted by atomic mass is 9.99. The number of carbonyl (C=O) groups is 1. The van der Waals surface area contributed by atoms with Crippen LogP contribution in [0, 0.1) is 17.7 Å². The number of ether oxygens (including phenoxy) is 1. The number of fused-ring (bicyclic) bond motifs is 2. The molecule has 3 atom stereocenters. The Hall–Kier alpha value is -2.72. The molecule has 2 aliphatic carbocycles. The molecule has 7 nitrogen and oxygen atoms in total. The number of benzene rings is 2. The molecule has 2 unspecified atom stereocenters. The van der Waals surface area contributed by atoms with Crippen molar-refractivity contribution in [2.75, 3.05) is 18.0 Å². The number of hydrogen-bond donors (Lipinski definition) is 1. The SMILES string of the molecule is O=C(O)c1cc(F)c2nc(N3CC4CC[C@H](OCc5c(-c6c(Cl)cccc6Cl)noc5C5CC5)C4C3)sc2c1. The van der Waals surface area contributed by atoms with Crippen LogP contribution in [0.1, 0.15) is 53.3 Å². The van der Waals surface area contributed by atoms with E-state index in [-0.39, 0.29) is 17.2 Å². The van der Waals surface area contributed by atoms with Crippen LogP contribution >= 0.6 is 34.5 Å². The van der Waals surface area contributed by atoms with E-state index in [1.807, 2.05) is 6.07 Å². The Balaban J connectivity index is 1.10. The van der Waals surface area contributed by atoms with Crippen molar-refractivity contribution in [2.45, 2.75) is 44.3 Å². The van der Waals surface area contributed by atoms with Crippen LogP contribution in [0.3, 0.4) is 0 Å². The average molecular weight is 588 g/mol. The Morgan fingerprint density at radius 3 is 2.72 bits per heavy atom. The lowest BCUT2D eigenvalue weighted by Crippen LogP contribution is -2.26. The molecule has 4 aromatic rings. The lowest BCUT2D eigenvalue weighted by molar-refractivity contribution is 0.0164. The molecule has 1 saturated heterocycles. The molecule has 39 heavy (non-hydrogen) atoms. The van der Waals surface area contributed by atoms with Gasteiger partial charge in [0.25, 0.3) is 0 Å². The van der Waals surface area contributed by atoms with Gasteiger partial charge in [-0.15, -0.1) is 0 Å². The minimum absolute atomic E-state index is 0.0567. The van der Waals surface area contributed by atoms with Crippen molar-refractivity contribution in [3.05, 3.63) is 63.1 Å². The summed E-state index contributed by atoms with van der Waals surface area (Å²) in [6.07, 6.45) is 4.19. The molecule has 2 aromatic carbocycles. The maximum absolute atomic E-state index is 14.5. The molecular formula is C28H24Cl2FN3O4S. The monoisotopic (exact) mass is 587 g/mol. The summed E-state index contributed by atoms with van der Waals surface area (Å²) in [6.45, 7) is 1.94.